The van der Waals surface area contributed by atoms with Crippen molar-refractivity contribution in [3.05, 3.63) is 57.3 Å². The van der Waals surface area contributed by atoms with Gasteiger partial charge in [-0.25, -0.2) is 0 Å². The van der Waals surface area contributed by atoms with Gasteiger partial charge in [-0.3, -0.25) is 14.7 Å². The Bertz CT molecular complexity index is 845. The van der Waals surface area contributed by atoms with Gasteiger partial charge in [-0.1, -0.05) is 12.1 Å². The second kappa shape index (κ2) is 10.4. The Balaban J connectivity index is 1.39. The lowest BCUT2D eigenvalue weighted by molar-refractivity contribution is 0.0827. The lowest BCUT2D eigenvalue weighted by Gasteiger charge is -2.27. The van der Waals surface area contributed by atoms with Crippen LogP contribution in [-0.2, 0) is 19.4 Å². The summed E-state index contributed by atoms with van der Waals surface area (Å²) in [5.41, 5.74) is 3.35. The molecule has 1 aromatic heterocycles. The average Bonchev–Trinajstić information content (AvgIpc) is 3.20. The summed E-state index contributed by atoms with van der Waals surface area (Å²) < 4.78 is 0. The van der Waals surface area contributed by atoms with Crippen molar-refractivity contribution in [1.82, 2.24) is 20.4 Å². The molecule has 0 spiro atoms. The van der Waals surface area contributed by atoms with Crippen LogP contribution >= 0.6 is 11.3 Å². The monoisotopic (exact) mass is 413 g/mol. The zero-order valence-electron chi connectivity index (χ0n) is 17.6. The number of hydrogen-bond acceptors (Lipinski definition) is 4. The molecular formula is C22H31N5OS. The molecule has 1 amide bonds. The van der Waals surface area contributed by atoms with Crippen molar-refractivity contribution in [3.8, 4) is 0 Å². The van der Waals surface area contributed by atoms with E-state index in [-0.39, 0.29) is 5.91 Å². The van der Waals surface area contributed by atoms with Gasteiger partial charge < -0.3 is 15.5 Å². The third-order valence-corrected chi connectivity index (χ3v) is 6.14. The van der Waals surface area contributed by atoms with E-state index in [2.05, 4.69) is 38.0 Å². The van der Waals surface area contributed by atoms with Crippen molar-refractivity contribution in [3.63, 3.8) is 0 Å². The molecule has 0 atom stereocenters. The SMILES string of the molecule is CN=C(NCCc1cccc(C(=O)N(C)C)c1)NCCN1CCc2sccc2C1. The van der Waals surface area contributed by atoms with Crippen LogP contribution in [0, 0.1) is 0 Å². The van der Waals surface area contributed by atoms with Crippen LogP contribution in [-0.4, -0.2) is 69.0 Å². The highest BCUT2D eigenvalue weighted by Gasteiger charge is 2.16. The minimum absolute atomic E-state index is 0.0320. The highest BCUT2D eigenvalue weighted by molar-refractivity contribution is 7.10. The first-order valence-electron chi connectivity index (χ1n) is 10.1. The topological polar surface area (TPSA) is 60.0 Å². The number of nitrogens with one attached hydrogen (secondary N) is 2. The maximum absolute atomic E-state index is 12.1. The minimum atomic E-state index is 0.0320. The van der Waals surface area contributed by atoms with E-state index in [0.29, 0.717) is 0 Å². The maximum atomic E-state index is 12.1. The molecule has 29 heavy (non-hydrogen) atoms. The van der Waals surface area contributed by atoms with E-state index in [1.807, 2.05) is 29.5 Å². The number of aliphatic imine (C=N–C) groups is 1. The fourth-order valence-corrected chi connectivity index (χ4v) is 4.38. The molecule has 1 aliphatic rings. The second-order valence-corrected chi connectivity index (χ2v) is 8.47. The van der Waals surface area contributed by atoms with Crippen LogP contribution in [0.5, 0.6) is 0 Å². The molecule has 0 radical (unpaired) electrons. The van der Waals surface area contributed by atoms with Crippen molar-refractivity contribution in [2.75, 3.05) is 47.3 Å². The molecule has 1 aromatic carbocycles. The molecule has 0 saturated heterocycles. The van der Waals surface area contributed by atoms with E-state index in [1.165, 1.54) is 5.56 Å². The predicted molar refractivity (Wildman–Crippen MR) is 121 cm³/mol. The molecule has 0 unspecified atom stereocenters. The number of thiophene rings is 1. The molecular weight excluding hydrogens is 382 g/mol. The van der Waals surface area contributed by atoms with Crippen LogP contribution in [0.2, 0.25) is 0 Å². The summed E-state index contributed by atoms with van der Waals surface area (Å²) in [6.07, 6.45) is 2.00. The zero-order valence-corrected chi connectivity index (χ0v) is 18.4. The molecule has 0 bridgehead atoms. The van der Waals surface area contributed by atoms with E-state index in [4.69, 9.17) is 0 Å². The summed E-state index contributed by atoms with van der Waals surface area (Å²) >= 11 is 1.88. The molecule has 0 saturated carbocycles. The number of nitrogens with zero attached hydrogens (tertiary/aromatic N) is 3. The average molecular weight is 414 g/mol. The summed E-state index contributed by atoms with van der Waals surface area (Å²) in [7, 11) is 5.34. The quantitative estimate of drug-likeness (QED) is 0.540. The number of carbonyl (C=O) groups excluding carboxylic acids is 1. The van der Waals surface area contributed by atoms with E-state index >= 15 is 0 Å². The van der Waals surface area contributed by atoms with Crippen molar-refractivity contribution in [2.45, 2.75) is 19.4 Å². The third-order valence-electron chi connectivity index (χ3n) is 5.12. The normalized spacial score (nSPS) is 14.4. The molecule has 1 aliphatic heterocycles. The molecule has 3 rings (SSSR count). The standard InChI is InChI=1S/C22H31N5OS/c1-23-22(25-11-13-27-12-8-20-19(16-27)9-14-29-20)24-10-7-17-5-4-6-18(15-17)21(28)26(2)3/h4-6,9,14-15H,7-8,10-13,16H2,1-3H3,(H2,23,24,25). The Morgan fingerprint density at radius 1 is 1.24 bits per heavy atom. The molecule has 0 fully saturated rings. The maximum Gasteiger partial charge on any atom is 0.253 e. The number of guanidine groups is 1. The smallest absolute Gasteiger partial charge is 0.253 e. The number of carbonyl (C=O) groups is 1. The van der Waals surface area contributed by atoms with Gasteiger partial charge in [-0.05, 0) is 47.5 Å². The van der Waals surface area contributed by atoms with Crippen LogP contribution in [0.1, 0.15) is 26.4 Å². The Morgan fingerprint density at radius 2 is 2.07 bits per heavy atom. The highest BCUT2D eigenvalue weighted by atomic mass is 32.1. The molecule has 2 N–H and O–H groups in total. The van der Waals surface area contributed by atoms with Gasteiger partial charge in [0.25, 0.3) is 5.91 Å². The third kappa shape index (κ3) is 6.05. The number of benzene rings is 1. The van der Waals surface area contributed by atoms with Crippen molar-refractivity contribution >= 4 is 23.2 Å². The van der Waals surface area contributed by atoms with Gasteiger partial charge in [0.1, 0.15) is 0 Å². The number of hydrogen-bond donors (Lipinski definition) is 2. The molecule has 0 aliphatic carbocycles. The first-order chi connectivity index (χ1) is 14.1. The first-order valence-corrected chi connectivity index (χ1v) is 11.0. The number of amides is 1. The summed E-state index contributed by atoms with van der Waals surface area (Å²) in [6, 6.07) is 10.1. The highest BCUT2D eigenvalue weighted by Crippen LogP contribution is 2.23. The van der Waals surface area contributed by atoms with Crippen molar-refractivity contribution < 1.29 is 4.79 Å². The van der Waals surface area contributed by atoms with Gasteiger partial charge >= 0.3 is 0 Å². The summed E-state index contributed by atoms with van der Waals surface area (Å²) in [5, 5.41) is 8.97. The van der Waals surface area contributed by atoms with Gasteiger partial charge in [0, 0.05) is 64.3 Å². The fourth-order valence-electron chi connectivity index (χ4n) is 3.49. The number of fused-ring (bicyclic) bond motifs is 1. The Morgan fingerprint density at radius 3 is 2.86 bits per heavy atom. The lowest BCUT2D eigenvalue weighted by atomic mass is 10.1. The van der Waals surface area contributed by atoms with Crippen LogP contribution in [0.4, 0.5) is 0 Å². The van der Waals surface area contributed by atoms with Gasteiger partial charge in [-0.15, -0.1) is 11.3 Å². The van der Waals surface area contributed by atoms with Crippen LogP contribution in [0.15, 0.2) is 40.7 Å². The molecule has 6 nitrogen and oxygen atoms in total. The van der Waals surface area contributed by atoms with Gasteiger partial charge in [0.05, 0.1) is 0 Å². The molecule has 7 heteroatoms. The number of rotatable bonds is 7. The second-order valence-electron chi connectivity index (χ2n) is 7.47. The van der Waals surface area contributed by atoms with E-state index in [1.54, 1.807) is 30.9 Å². The molecule has 156 valence electrons. The largest absolute Gasteiger partial charge is 0.356 e. The zero-order chi connectivity index (χ0) is 20.6. The predicted octanol–water partition coefficient (Wildman–Crippen LogP) is 2.22. The van der Waals surface area contributed by atoms with E-state index in [9.17, 15) is 4.79 Å². The van der Waals surface area contributed by atoms with E-state index < -0.39 is 0 Å². The Labute approximate surface area is 177 Å². The fraction of sp³-hybridized carbons (Fsp3) is 0.455. The van der Waals surface area contributed by atoms with Gasteiger partial charge in [-0.2, -0.15) is 0 Å². The minimum Gasteiger partial charge on any atom is -0.356 e. The lowest BCUT2D eigenvalue weighted by Crippen LogP contribution is -2.43. The van der Waals surface area contributed by atoms with Crippen LogP contribution in [0.3, 0.4) is 0 Å². The van der Waals surface area contributed by atoms with Gasteiger partial charge in [0.2, 0.25) is 0 Å². The summed E-state index contributed by atoms with van der Waals surface area (Å²) in [6.45, 7) is 4.82. The Kier molecular flexibility index (Phi) is 7.66. The summed E-state index contributed by atoms with van der Waals surface area (Å²) in [5.74, 6) is 0.850. The van der Waals surface area contributed by atoms with Crippen molar-refractivity contribution in [1.29, 1.82) is 0 Å². The molecule has 2 heterocycles. The summed E-state index contributed by atoms with van der Waals surface area (Å²) in [4.78, 5) is 22.1. The van der Waals surface area contributed by atoms with Crippen LogP contribution in [0.25, 0.3) is 0 Å². The first kappa shape index (κ1) is 21.3. The Hall–Kier alpha value is -2.38. The van der Waals surface area contributed by atoms with E-state index in [0.717, 1.165) is 62.7 Å². The van der Waals surface area contributed by atoms with Gasteiger partial charge in [0.15, 0.2) is 5.96 Å². The van der Waals surface area contributed by atoms with Crippen molar-refractivity contribution in [2.24, 2.45) is 4.99 Å². The van der Waals surface area contributed by atoms with Crippen LogP contribution < -0.4 is 10.6 Å². The molecule has 2 aromatic rings.